The number of hydrogen-bond acceptors (Lipinski definition) is 2. The van der Waals surface area contributed by atoms with Gasteiger partial charge in [-0.15, -0.1) is 0 Å². The minimum Gasteiger partial charge on any atom is -0.497 e. The minimum absolute atomic E-state index is 0.254. The van der Waals surface area contributed by atoms with Gasteiger partial charge in [-0.25, -0.2) is 0 Å². The Kier molecular flexibility index (Phi) is 3.71. The smallest absolute Gasteiger partial charge is 0.262 e. The van der Waals surface area contributed by atoms with Gasteiger partial charge < -0.3 is 10.1 Å². The summed E-state index contributed by atoms with van der Waals surface area (Å²) in [7, 11) is 1.59. The second kappa shape index (κ2) is 4.81. The van der Waals surface area contributed by atoms with Crippen LogP contribution in [0, 0.1) is 0 Å². The molecule has 4 heteroatoms. The highest BCUT2D eigenvalue weighted by Crippen LogP contribution is 2.16. The third-order valence-electron chi connectivity index (χ3n) is 1.59. The van der Waals surface area contributed by atoms with Crippen molar-refractivity contribution >= 4 is 27.5 Å². The molecule has 1 N–H and O–H groups in total. The predicted octanol–water partition coefficient (Wildman–Crippen LogP) is 2.54. The fraction of sp³-hybridized carbons (Fsp3) is 0.100. The van der Waals surface area contributed by atoms with E-state index in [2.05, 4.69) is 27.8 Å². The van der Waals surface area contributed by atoms with E-state index < -0.39 is 0 Å². The average Bonchev–Trinajstić information content (AvgIpc) is 2.19. The Balaban J connectivity index is 2.69. The van der Waals surface area contributed by atoms with Crippen molar-refractivity contribution in [3.05, 3.63) is 35.3 Å². The summed E-state index contributed by atoms with van der Waals surface area (Å²) in [5.74, 6) is 0.496. The molecule has 74 valence electrons. The van der Waals surface area contributed by atoms with Gasteiger partial charge in [0.15, 0.2) is 0 Å². The molecule has 3 nitrogen and oxygen atoms in total. The molecule has 0 heterocycles. The van der Waals surface area contributed by atoms with Gasteiger partial charge in [-0.1, -0.05) is 6.58 Å². The lowest BCUT2D eigenvalue weighted by Crippen LogP contribution is -2.10. The second-order valence-corrected chi connectivity index (χ2v) is 3.54. The van der Waals surface area contributed by atoms with Crippen LogP contribution in [0.2, 0.25) is 0 Å². The third kappa shape index (κ3) is 2.88. The number of hydrogen-bond donors (Lipinski definition) is 1. The highest BCUT2D eigenvalue weighted by Gasteiger charge is 2.03. The molecule has 0 radical (unpaired) electrons. The Hall–Kier alpha value is -1.29. The summed E-state index contributed by atoms with van der Waals surface area (Å²) in [5, 5.41) is 2.65. The zero-order valence-corrected chi connectivity index (χ0v) is 9.30. The van der Waals surface area contributed by atoms with E-state index in [1.165, 1.54) is 0 Å². The van der Waals surface area contributed by atoms with Gasteiger partial charge in [0, 0.05) is 5.69 Å². The molecule has 14 heavy (non-hydrogen) atoms. The van der Waals surface area contributed by atoms with Gasteiger partial charge in [-0.3, -0.25) is 4.79 Å². The summed E-state index contributed by atoms with van der Waals surface area (Å²) < 4.78 is 5.28. The molecule has 0 aromatic heterocycles. The first-order valence-corrected chi connectivity index (χ1v) is 4.72. The van der Waals surface area contributed by atoms with Crippen LogP contribution in [-0.4, -0.2) is 13.0 Å². The van der Waals surface area contributed by atoms with E-state index in [-0.39, 0.29) is 5.91 Å². The Morgan fingerprint density at radius 3 is 2.43 bits per heavy atom. The number of halogens is 1. The summed E-state index contributed by atoms with van der Waals surface area (Å²) in [5.41, 5.74) is 0.705. The van der Waals surface area contributed by atoms with E-state index in [0.29, 0.717) is 10.2 Å². The fourth-order valence-corrected chi connectivity index (χ4v) is 0.972. The molecular formula is C10H10BrNO2. The molecular weight excluding hydrogens is 246 g/mol. The first kappa shape index (κ1) is 10.8. The predicted molar refractivity (Wildman–Crippen MR) is 59.7 cm³/mol. The van der Waals surface area contributed by atoms with Crippen LogP contribution in [0.3, 0.4) is 0 Å². The van der Waals surface area contributed by atoms with E-state index in [1.54, 1.807) is 31.4 Å². The molecule has 0 saturated heterocycles. The Morgan fingerprint density at radius 1 is 1.43 bits per heavy atom. The fourth-order valence-electron chi connectivity index (χ4n) is 0.873. The number of amides is 1. The number of ether oxygens (including phenoxy) is 1. The maximum absolute atomic E-state index is 11.2. The van der Waals surface area contributed by atoms with Gasteiger partial charge in [0.25, 0.3) is 5.91 Å². The molecule has 0 atom stereocenters. The van der Waals surface area contributed by atoms with Gasteiger partial charge in [0.1, 0.15) is 5.75 Å². The van der Waals surface area contributed by atoms with Crippen molar-refractivity contribution in [2.75, 3.05) is 12.4 Å². The Morgan fingerprint density at radius 2 is 2.00 bits per heavy atom. The maximum atomic E-state index is 11.2. The van der Waals surface area contributed by atoms with Crippen LogP contribution in [0.5, 0.6) is 5.75 Å². The number of nitrogens with one attached hydrogen (secondary N) is 1. The highest BCUT2D eigenvalue weighted by atomic mass is 79.9. The standard InChI is InChI=1S/C10H10BrNO2/c1-7(11)10(13)12-8-3-5-9(14-2)6-4-8/h3-6H,1H2,2H3,(H,12,13). The lowest BCUT2D eigenvalue weighted by molar-refractivity contribution is -0.112. The highest BCUT2D eigenvalue weighted by molar-refractivity contribution is 9.12. The molecule has 1 amide bonds. The van der Waals surface area contributed by atoms with Gasteiger partial charge in [-0.05, 0) is 40.2 Å². The SMILES string of the molecule is C=C(Br)C(=O)Nc1ccc(OC)cc1. The monoisotopic (exact) mass is 255 g/mol. The van der Waals surface area contributed by atoms with Crippen LogP contribution in [0.15, 0.2) is 35.3 Å². The average molecular weight is 256 g/mol. The van der Waals surface area contributed by atoms with Crippen LogP contribution in [0.25, 0.3) is 0 Å². The quantitative estimate of drug-likeness (QED) is 0.844. The molecule has 1 rings (SSSR count). The summed E-state index contributed by atoms with van der Waals surface area (Å²) in [6.07, 6.45) is 0. The van der Waals surface area contributed by atoms with E-state index in [0.717, 1.165) is 5.75 Å². The number of rotatable bonds is 3. The van der Waals surface area contributed by atoms with Crippen molar-refractivity contribution in [1.82, 2.24) is 0 Å². The Bertz CT molecular complexity index is 346. The first-order chi connectivity index (χ1) is 6.63. The molecule has 0 aliphatic rings. The van der Waals surface area contributed by atoms with Crippen molar-refractivity contribution < 1.29 is 9.53 Å². The first-order valence-electron chi connectivity index (χ1n) is 3.93. The Labute approximate surface area is 90.9 Å². The molecule has 0 unspecified atom stereocenters. The number of benzene rings is 1. The summed E-state index contributed by atoms with van der Waals surface area (Å²) in [4.78, 5) is 11.2. The van der Waals surface area contributed by atoms with Crippen LogP contribution in [0.4, 0.5) is 5.69 Å². The summed E-state index contributed by atoms with van der Waals surface area (Å²) in [6, 6.07) is 7.05. The zero-order chi connectivity index (χ0) is 10.6. The molecule has 0 saturated carbocycles. The molecule has 0 aliphatic heterocycles. The van der Waals surface area contributed by atoms with Crippen LogP contribution >= 0.6 is 15.9 Å². The summed E-state index contributed by atoms with van der Waals surface area (Å²) >= 11 is 2.99. The number of anilines is 1. The van der Waals surface area contributed by atoms with Crippen molar-refractivity contribution in [1.29, 1.82) is 0 Å². The van der Waals surface area contributed by atoms with E-state index >= 15 is 0 Å². The molecule has 1 aromatic carbocycles. The van der Waals surface area contributed by atoms with Gasteiger partial charge in [-0.2, -0.15) is 0 Å². The van der Waals surface area contributed by atoms with E-state index in [4.69, 9.17) is 4.74 Å². The normalized spacial score (nSPS) is 9.29. The lowest BCUT2D eigenvalue weighted by Gasteiger charge is -2.04. The van der Waals surface area contributed by atoms with Crippen molar-refractivity contribution in [2.24, 2.45) is 0 Å². The van der Waals surface area contributed by atoms with Gasteiger partial charge in [0.2, 0.25) is 0 Å². The molecule has 0 fully saturated rings. The number of methoxy groups -OCH3 is 1. The third-order valence-corrected chi connectivity index (χ3v) is 1.95. The van der Waals surface area contributed by atoms with Crippen LogP contribution < -0.4 is 10.1 Å². The van der Waals surface area contributed by atoms with Gasteiger partial charge in [0.05, 0.1) is 11.6 Å². The molecule has 1 aromatic rings. The van der Waals surface area contributed by atoms with Crippen molar-refractivity contribution in [2.45, 2.75) is 0 Å². The largest absolute Gasteiger partial charge is 0.497 e. The summed E-state index contributed by atoms with van der Waals surface area (Å²) in [6.45, 7) is 3.46. The molecule has 0 bridgehead atoms. The minimum atomic E-state index is -0.254. The lowest BCUT2D eigenvalue weighted by atomic mass is 10.3. The van der Waals surface area contributed by atoms with Crippen molar-refractivity contribution in [3.63, 3.8) is 0 Å². The van der Waals surface area contributed by atoms with Crippen molar-refractivity contribution in [3.8, 4) is 5.75 Å². The molecule has 0 spiro atoms. The van der Waals surface area contributed by atoms with E-state index in [1.807, 2.05) is 0 Å². The number of carbonyl (C=O) groups is 1. The van der Waals surface area contributed by atoms with E-state index in [9.17, 15) is 4.79 Å². The second-order valence-electron chi connectivity index (χ2n) is 2.59. The maximum Gasteiger partial charge on any atom is 0.262 e. The molecule has 0 aliphatic carbocycles. The number of carbonyl (C=O) groups excluding carboxylic acids is 1. The zero-order valence-electron chi connectivity index (χ0n) is 7.71. The van der Waals surface area contributed by atoms with Crippen LogP contribution in [0.1, 0.15) is 0 Å². The topological polar surface area (TPSA) is 38.3 Å². The van der Waals surface area contributed by atoms with Crippen LogP contribution in [-0.2, 0) is 4.79 Å². The van der Waals surface area contributed by atoms with Gasteiger partial charge >= 0.3 is 0 Å².